The van der Waals surface area contributed by atoms with Gasteiger partial charge in [-0.15, -0.1) is 0 Å². The number of nitrogens with one attached hydrogen (secondary N) is 1. The third-order valence-corrected chi connectivity index (χ3v) is 4.97. The monoisotopic (exact) mass is 381 g/mol. The van der Waals surface area contributed by atoms with Gasteiger partial charge in [-0.1, -0.05) is 24.2 Å². The molecular weight excluding hydrogens is 357 g/mol. The van der Waals surface area contributed by atoms with Crippen LogP contribution in [0.15, 0.2) is 30.9 Å². The molecule has 1 aromatic carbocycles. The quantitative estimate of drug-likeness (QED) is 0.771. The standard InChI is InChI=1S/C19H25ClFN3O2/c1-5-18(26)23(4)11-17(25)22-16-8-9-24(12(2)3)19(16)13-6-7-14(20)15(21)10-13/h5-7,10,12,16,19H,1,8-9,11H2,2-4H3,(H,22,25)/t16-,19+/m1/s1. The highest BCUT2D eigenvalue weighted by Crippen LogP contribution is 2.35. The Labute approximate surface area is 158 Å². The summed E-state index contributed by atoms with van der Waals surface area (Å²) in [7, 11) is 1.55. The minimum atomic E-state index is -0.471. The average Bonchev–Trinajstić information content (AvgIpc) is 3.00. The lowest BCUT2D eigenvalue weighted by molar-refractivity contribution is -0.131. The van der Waals surface area contributed by atoms with Crippen molar-refractivity contribution in [2.75, 3.05) is 20.1 Å². The van der Waals surface area contributed by atoms with E-state index in [9.17, 15) is 14.0 Å². The Hall–Kier alpha value is -1.92. The number of likely N-dealkylation sites (tertiary alicyclic amines) is 1. The molecule has 5 nitrogen and oxygen atoms in total. The van der Waals surface area contributed by atoms with Crippen LogP contribution in [0.1, 0.15) is 31.9 Å². The van der Waals surface area contributed by atoms with Crippen molar-refractivity contribution in [2.24, 2.45) is 0 Å². The van der Waals surface area contributed by atoms with Crippen molar-refractivity contribution in [3.63, 3.8) is 0 Å². The summed E-state index contributed by atoms with van der Waals surface area (Å²) in [5.74, 6) is -1.04. The first-order valence-corrected chi connectivity index (χ1v) is 9.00. The largest absolute Gasteiger partial charge is 0.350 e. The molecule has 0 aromatic heterocycles. The number of carbonyl (C=O) groups is 2. The molecule has 0 aliphatic carbocycles. The van der Waals surface area contributed by atoms with Gasteiger partial charge in [-0.3, -0.25) is 14.5 Å². The lowest BCUT2D eigenvalue weighted by atomic mass is 9.99. The van der Waals surface area contributed by atoms with E-state index >= 15 is 0 Å². The highest BCUT2D eigenvalue weighted by Gasteiger charge is 2.37. The van der Waals surface area contributed by atoms with E-state index < -0.39 is 5.82 Å². The van der Waals surface area contributed by atoms with Crippen LogP contribution in [0.2, 0.25) is 5.02 Å². The molecule has 1 aromatic rings. The van der Waals surface area contributed by atoms with E-state index in [1.807, 2.05) is 0 Å². The lowest BCUT2D eigenvalue weighted by Gasteiger charge is -2.32. The molecule has 7 heteroatoms. The molecule has 0 radical (unpaired) electrons. The maximum atomic E-state index is 14.0. The predicted molar refractivity (Wildman–Crippen MR) is 100 cm³/mol. The number of halogens is 2. The molecule has 1 aliphatic heterocycles. The van der Waals surface area contributed by atoms with Crippen molar-refractivity contribution < 1.29 is 14.0 Å². The number of likely N-dealkylation sites (N-methyl/N-ethyl adjacent to an activating group) is 1. The first-order chi connectivity index (χ1) is 12.2. The van der Waals surface area contributed by atoms with E-state index in [1.165, 1.54) is 17.0 Å². The molecule has 0 spiro atoms. The summed E-state index contributed by atoms with van der Waals surface area (Å²) in [6.07, 6.45) is 1.92. The van der Waals surface area contributed by atoms with Crippen molar-refractivity contribution in [3.05, 3.63) is 47.3 Å². The van der Waals surface area contributed by atoms with Gasteiger partial charge in [-0.2, -0.15) is 0 Å². The third-order valence-electron chi connectivity index (χ3n) is 4.66. The smallest absolute Gasteiger partial charge is 0.246 e. The van der Waals surface area contributed by atoms with Gasteiger partial charge in [-0.05, 0) is 44.0 Å². The van der Waals surface area contributed by atoms with Crippen molar-refractivity contribution in [2.45, 2.75) is 38.4 Å². The fourth-order valence-corrected chi connectivity index (χ4v) is 3.49. The second kappa shape index (κ2) is 8.64. The SMILES string of the molecule is C=CC(=O)N(C)CC(=O)N[C@@H]1CCN(C(C)C)[C@H]1c1ccc(Cl)c(F)c1. The van der Waals surface area contributed by atoms with Crippen molar-refractivity contribution in [1.82, 2.24) is 15.1 Å². The van der Waals surface area contributed by atoms with Crippen LogP contribution in [0.4, 0.5) is 4.39 Å². The highest BCUT2D eigenvalue weighted by molar-refractivity contribution is 6.30. The van der Waals surface area contributed by atoms with E-state index in [-0.39, 0.29) is 41.5 Å². The number of hydrogen-bond donors (Lipinski definition) is 1. The Kier molecular flexibility index (Phi) is 6.78. The maximum Gasteiger partial charge on any atom is 0.246 e. The Morgan fingerprint density at radius 3 is 2.77 bits per heavy atom. The topological polar surface area (TPSA) is 52.7 Å². The number of hydrogen-bond acceptors (Lipinski definition) is 3. The molecule has 2 rings (SSSR count). The van der Waals surface area contributed by atoms with Crippen molar-refractivity contribution in [1.29, 1.82) is 0 Å². The fourth-order valence-electron chi connectivity index (χ4n) is 3.37. The Morgan fingerprint density at radius 2 is 2.19 bits per heavy atom. The first kappa shape index (κ1) is 20.4. The summed E-state index contributed by atoms with van der Waals surface area (Å²) in [5, 5.41) is 3.07. The zero-order chi connectivity index (χ0) is 19.4. The van der Waals surface area contributed by atoms with Crippen LogP contribution in [0.5, 0.6) is 0 Å². The van der Waals surface area contributed by atoms with E-state index in [1.54, 1.807) is 19.2 Å². The second-order valence-corrected chi connectivity index (χ2v) is 7.22. The van der Waals surface area contributed by atoms with E-state index in [0.29, 0.717) is 0 Å². The Balaban J connectivity index is 2.18. The summed E-state index contributed by atoms with van der Waals surface area (Å²) >= 11 is 5.80. The van der Waals surface area contributed by atoms with Crippen LogP contribution in [0.3, 0.4) is 0 Å². The molecule has 1 N–H and O–H groups in total. The van der Waals surface area contributed by atoms with Gasteiger partial charge in [0.2, 0.25) is 11.8 Å². The van der Waals surface area contributed by atoms with Crippen LogP contribution >= 0.6 is 11.6 Å². The molecule has 0 saturated carbocycles. The molecular formula is C19H25ClFN3O2. The van der Waals surface area contributed by atoms with Crippen LogP contribution in [-0.4, -0.2) is 53.8 Å². The lowest BCUT2D eigenvalue weighted by Crippen LogP contribution is -2.45. The second-order valence-electron chi connectivity index (χ2n) is 6.81. The van der Waals surface area contributed by atoms with E-state index in [4.69, 9.17) is 11.6 Å². The highest BCUT2D eigenvalue weighted by atomic mass is 35.5. The third kappa shape index (κ3) is 4.62. The Morgan fingerprint density at radius 1 is 1.50 bits per heavy atom. The molecule has 142 valence electrons. The van der Waals surface area contributed by atoms with Gasteiger partial charge in [0.1, 0.15) is 5.82 Å². The molecule has 2 amide bonds. The van der Waals surface area contributed by atoms with Gasteiger partial charge in [0.05, 0.1) is 17.6 Å². The zero-order valence-electron chi connectivity index (χ0n) is 15.3. The Bertz CT molecular complexity index is 695. The summed E-state index contributed by atoms with van der Waals surface area (Å²) in [5.41, 5.74) is 0.777. The van der Waals surface area contributed by atoms with Crippen LogP contribution in [0.25, 0.3) is 0 Å². The summed E-state index contributed by atoms with van der Waals surface area (Å²) in [4.78, 5) is 27.4. The number of nitrogens with zero attached hydrogens (tertiary/aromatic N) is 2. The molecule has 2 atom stereocenters. The van der Waals surface area contributed by atoms with Gasteiger partial charge in [-0.25, -0.2) is 4.39 Å². The van der Waals surface area contributed by atoms with Crippen molar-refractivity contribution >= 4 is 23.4 Å². The van der Waals surface area contributed by atoms with E-state index in [2.05, 4.69) is 30.6 Å². The molecule has 1 saturated heterocycles. The molecule has 1 aliphatic rings. The van der Waals surface area contributed by atoms with Crippen LogP contribution in [0, 0.1) is 5.82 Å². The molecule has 1 fully saturated rings. The number of rotatable bonds is 6. The summed E-state index contributed by atoms with van der Waals surface area (Å²) < 4.78 is 14.0. The molecule has 26 heavy (non-hydrogen) atoms. The van der Waals surface area contributed by atoms with Gasteiger partial charge in [0.25, 0.3) is 0 Å². The van der Waals surface area contributed by atoms with Gasteiger partial charge in [0.15, 0.2) is 0 Å². The fraction of sp³-hybridized carbons (Fsp3) is 0.474. The maximum absolute atomic E-state index is 14.0. The number of amides is 2. The van der Waals surface area contributed by atoms with Gasteiger partial charge in [0, 0.05) is 25.7 Å². The predicted octanol–water partition coefficient (Wildman–Crippen LogP) is 2.76. The van der Waals surface area contributed by atoms with Gasteiger partial charge < -0.3 is 10.2 Å². The van der Waals surface area contributed by atoms with Crippen molar-refractivity contribution in [3.8, 4) is 0 Å². The minimum Gasteiger partial charge on any atom is -0.350 e. The molecule has 1 heterocycles. The number of carbonyl (C=O) groups excluding carboxylic acids is 2. The average molecular weight is 382 g/mol. The van der Waals surface area contributed by atoms with Crippen LogP contribution in [-0.2, 0) is 9.59 Å². The normalized spacial score (nSPS) is 20.2. The summed E-state index contributed by atoms with van der Waals surface area (Å²) in [6.45, 7) is 8.29. The zero-order valence-corrected chi connectivity index (χ0v) is 16.1. The molecule has 0 bridgehead atoms. The first-order valence-electron chi connectivity index (χ1n) is 8.62. The minimum absolute atomic E-state index is 0.0509. The molecule has 0 unspecified atom stereocenters. The van der Waals surface area contributed by atoms with Crippen LogP contribution < -0.4 is 5.32 Å². The van der Waals surface area contributed by atoms with E-state index in [0.717, 1.165) is 18.5 Å². The summed E-state index contributed by atoms with van der Waals surface area (Å²) in [6, 6.07) is 4.69. The van der Waals surface area contributed by atoms with Gasteiger partial charge >= 0.3 is 0 Å². The number of benzene rings is 1.